The smallest absolute Gasteiger partial charge is 0.291 e. The SMILES string of the molecule is Cn1ncc2c3ccccc3n(CCCC(=O)NCCN3CCOCC3)c2c1=O. The van der Waals surface area contributed by atoms with Gasteiger partial charge in [0.2, 0.25) is 5.91 Å². The van der Waals surface area contributed by atoms with Crippen molar-refractivity contribution in [2.75, 3.05) is 39.4 Å². The summed E-state index contributed by atoms with van der Waals surface area (Å²) in [6.07, 6.45) is 2.85. The van der Waals surface area contributed by atoms with E-state index in [-0.39, 0.29) is 11.5 Å². The number of aromatic nitrogens is 3. The lowest BCUT2D eigenvalue weighted by atomic mass is 10.2. The fraction of sp³-hybridized carbons (Fsp3) is 0.476. The highest BCUT2D eigenvalue weighted by Crippen LogP contribution is 2.26. The second-order valence-corrected chi connectivity index (χ2v) is 7.41. The molecule has 29 heavy (non-hydrogen) atoms. The number of hydrogen-bond donors (Lipinski definition) is 1. The monoisotopic (exact) mass is 397 g/mol. The number of morpholine rings is 1. The quantitative estimate of drug-likeness (QED) is 0.646. The minimum Gasteiger partial charge on any atom is -0.379 e. The predicted molar refractivity (Wildman–Crippen MR) is 112 cm³/mol. The third kappa shape index (κ3) is 4.18. The van der Waals surface area contributed by atoms with E-state index >= 15 is 0 Å². The fourth-order valence-electron chi connectivity index (χ4n) is 3.94. The van der Waals surface area contributed by atoms with Gasteiger partial charge in [-0.25, -0.2) is 4.68 Å². The molecule has 1 fully saturated rings. The van der Waals surface area contributed by atoms with E-state index in [0.29, 0.717) is 31.4 Å². The summed E-state index contributed by atoms with van der Waals surface area (Å²) in [5.74, 6) is 0.0496. The van der Waals surface area contributed by atoms with Gasteiger partial charge in [-0.3, -0.25) is 14.5 Å². The Morgan fingerprint density at radius 1 is 1.17 bits per heavy atom. The highest BCUT2D eigenvalue weighted by Gasteiger charge is 2.15. The number of para-hydroxylation sites is 1. The first kappa shape index (κ1) is 19.6. The molecule has 3 aromatic rings. The normalized spacial score (nSPS) is 15.2. The topological polar surface area (TPSA) is 81.4 Å². The molecule has 0 aliphatic carbocycles. The molecule has 0 radical (unpaired) electrons. The molecule has 0 saturated carbocycles. The molecule has 1 saturated heterocycles. The number of nitrogens with zero attached hydrogens (tertiary/aromatic N) is 4. The predicted octanol–water partition coefficient (Wildman–Crippen LogP) is 1.12. The number of amides is 1. The van der Waals surface area contributed by atoms with E-state index in [4.69, 9.17) is 4.74 Å². The Balaban J connectivity index is 1.39. The average molecular weight is 397 g/mol. The Bertz CT molecular complexity index is 1070. The number of ether oxygens (including phenoxy) is 1. The van der Waals surface area contributed by atoms with E-state index < -0.39 is 0 Å². The second kappa shape index (κ2) is 8.75. The number of benzene rings is 1. The molecule has 0 spiro atoms. The van der Waals surface area contributed by atoms with Gasteiger partial charge in [-0.2, -0.15) is 5.10 Å². The number of hydrogen-bond acceptors (Lipinski definition) is 5. The molecule has 0 bridgehead atoms. The largest absolute Gasteiger partial charge is 0.379 e. The minimum atomic E-state index is -0.117. The third-order valence-corrected chi connectivity index (χ3v) is 5.51. The van der Waals surface area contributed by atoms with Crippen LogP contribution in [0.15, 0.2) is 35.3 Å². The Morgan fingerprint density at radius 3 is 2.79 bits per heavy atom. The van der Waals surface area contributed by atoms with Crippen molar-refractivity contribution in [3.8, 4) is 0 Å². The first-order valence-corrected chi connectivity index (χ1v) is 10.1. The van der Waals surface area contributed by atoms with Gasteiger partial charge in [-0.05, 0) is 12.5 Å². The molecular weight excluding hydrogens is 370 g/mol. The van der Waals surface area contributed by atoms with Crippen LogP contribution in [-0.4, -0.2) is 64.5 Å². The van der Waals surface area contributed by atoms with Gasteiger partial charge < -0.3 is 14.6 Å². The molecule has 0 unspecified atom stereocenters. The van der Waals surface area contributed by atoms with E-state index in [1.165, 1.54) is 4.68 Å². The molecule has 8 nitrogen and oxygen atoms in total. The number of fused-ring (bicyclic) bond motifs is 3. The lowest BCUT2D eigenvalue weighted by Gasteiger charge is -2.26. The van der Waals surface area contributed by atoms with Crippen molar-refractivity contribution in [2.24, 2.45) is 7.05 Å². The van der Waals surface area contributed by atoms with Crippen molar-refractivity contribution in [2.45, 2.75) is 19.4 Å². The minimum absolute atomic E-state index is 0.0496. The van der Waals surface area contributed by atoms with Crippen LogP contribution in [0.4, 0.5) is 0 Å². The third-order valence-electron chi connectivity index (χ3n) is 5.51. The summed E-state index contributed by atoms with van der Waals surface area (Å²) in [6, 6.07) is 7.95. The van der Waals surface area contributed by atoms with Crippen LogP contribution in [0, 0.1) is 0 Å². The molecule has 0 atom stereocenters. The molecule has 154 valence electrons. The van der Waals surface area contributed by atoms with Gasteiger partial charge in [0.05, 0.1) is 19.4 Å². The Morgan fingerprint density at radius 2 is 1.97 bits per heavy atom. The van der Waals surface area contributed by atoms with Crippen molar-refractivity contribution in [1.82, 2.24) is 24.6 Å². The number of rotatable bonds is 7. The Hall–Kier alpha value is -2.71. The standard InChI is InChI=1S/C21H27N5O3/c1-24-21(28)20-17(15-23-24)16-5-2-3-6-18(16)26(20)9-4-7-19(27)22-8-10-25-11-13-29-14-12-25/h2-3,5-6,15H,4,7-14H2,1H3,(H,22,27). The van der Waals surface area contributed by atoms with Crippen LogP contribution in [-0.2, 0) is 23.1 Å². The molecule has 1 aromatic carbocycles. The van der Waals surface area contributed by atoms with Crippen molar-refractivity contribution in [1.29, 1.82) is 0 Å². The lowest BCUT2D eigenvalue weighted by Crippen LogP contribution is -2.41. The first-order chi connectivity index (χ1) is 14.1. The number of carbonyl (C=O) groups is 1. The van der Waals surface area contributed by atoms with Crippen LogP contribution in [0.3, 0.4) is 0 Å². The van der Waals surface area contributed by atoms with E-state index in [0.717, 1.165) is 49.1 Å². The number of aryl methyl sites for hydroxylation is 2. The van der Waals surface area contributed by atoms with Crippen LogP contribution in [0.5, 0.6) is 0 Å². The fourth-order valence-corrected chi connectivity index (χ4v) is 3.94. The maximum Gasteiger partial charge on any atom is 0.291 e. The summed E-state index contributed by atoms with van der Waals surface area (Å²) in [7, 11) is 1.66. The molecule has 2 aromatic heterocycles. The number of carbonyl (C=O) groups excluding carboxylic acids is 1. The molecule has 3 heterocycles. The van der Waals surface area contributed by atoms with Crippen LogP contribution < -0.4 is 10.9 Å². The zero-order valence-corrected chi connectivity index (χ0v) is 16.8. The van der Waals surface area contributed by atoms with E-state index in [2.05, 4.69) is 15.3 Å². The van der Waals surface area contributed by atoms with Gasteiger partial charge in [0, 0.05) is 62.5 Å². The van der Waals surface area contributed by atoms with Gasteiger partial charge in [-0.1, -0.05) is 18.2 Å². The summed E-state index contributed by atoms with van der Waals surface area (Å²) < 4.78 is 8.71. The van der Waals surface area contributed by atoms with Crippen LogP contribution >= 0.6 is 0 Å². The highest BCUT2D eigenvalue weighted by atomic mass is 16.5. The van der Waals surface area contributed by atoms with Crippen molar-refractivity contribution < 1.29 is 9.53 Å². The maximum absolute atomic E-state index is 12.7. The summed E-state index contributed by atoms with van der Waals surface area (Å²) >= 11 is 0. The second-order valence-electron chi connectivity index (χ2n) is 7.41. The Kier molecular flexibility index (Phi) is 5.92. The first-order valence-electron chi connectivity index (χ1n) is 10.1. The molecule has 1 N–H and O–H groups in total. The van der Waals surface area contributed by atoms with Crippen LogP contribution in [0.1, 0.15) is 12.8 Å². The number of nitrogens with one attached hydrogen (secondary N) is 1. The molecule has 1 aliphatic heterocycles. The molecule has 4 rings (SSSR count). The average Bonchev–Trinajstić information content (AvgIpc) is 3.06. The summed E-state index contributed by atoms with van der Waals surface area (Å²) in [5.41, 5.74) is 1.53. The van der Waals surface area contributed by atoms with Gasteiger partial charge in [0.25, 0.3) is 5.56 Å². The zero-order chi connectivity index (χ0) is 20.2. The summed E-state index contributed by atoms with van der Waals surface area (Å²) in [4.78, 5) is 27.2. The highest BCUT2D eigenvalue weighted by molar-refractivity contribution is 6.07. The van der Waals surface area contributed by atoms with E-state index in [1.807, 2.05) is 28.8 Å². The molecule has 1 aliphatic rings. The Labute approximate surface area is 169 Å². The molecular formula is C21H27N5O3. The summed E-state index contributed by atoms with van der Waals surface area (Å²) in [6.45, 7) is 5.50. The van der Waals surface area contributed by atoms with Crippen molar-refractivity contribution in [3.63, 3.8) is 0 Å². The van der Waals surface area contributed by atoms with Gasteiger partial charge in [-0.15, -0.1) is 0 Å². The lowest BCUT2D eigenvalue weighted by molar-refractivity contribution is -0.121. The summed E-state index contributed by atoms with van der Waals surface area (Å²) in [5, 5.41) is 9.04. The van der Waals surface area contributed by atoms with Gasteiger partial charge in [0.15, 0.2) is 0 Å². The van der Waals surface area contributed by atoms with Crippen LogP contribution in [0.25, 0.3) is 21.8 Å². The molecule has 1 amide bonds. The van der Waals surface area contributed by atoms with Crippen molar-refractivity contribution >= 4 is 27.7 Å². The van der Waals surface area contributed by atoms with E-state index in [9.17, 15) is 9.59 Å². The zero-order valence-electron chi connectivity index (χ0n) is 16.8. The van der Waals surface area contributed by atoms with Crippen molar-refractivity contribution in [3.05, 3.63) is 40.8 Å². The van der Waals surface area contributed by atoms with Gasteiger partial charge >= 0.3 is 0 Å². The molecule has 8 heteroatoms. The van der Waals surface area contributed by atoms with E-state index in [1.54, 1.807) is 13.2 Å². The van der Waals surface area contributed by atoms with Crippen LogP contribution in [0.2, 0.25) is 0 Å². The maximum atomic E-state index is 12.7. The van der Waals surface area contributed by atoms with Gasteiger partial charge in [0.1, 0.15) is 5.52 Å².